The molecule has 0 bridgehead atoms. The van der Waals surface area contributed by atoms with Crippen molar-refractivity contribution in [3.63, 3.8) is 0 Å². The molecule has 0 fully saturated rings. The van der Waals surface area contributed by atoms with E-state index in [1.54, 1.807) is 58.6 Å². The van der Waals surface area contributed by atoms with Gasteiger partial charge >= 0.3 is 0 Å². The van der Waals surface area contributed by atoms with Gasteiger partial charge in [0.2, 0.25) is 0 Å². The number of nitrogens with two attached hydrogens (primary N) is 3. The van der Waals surface area contributed by atoms with Crippen LogP contribution in [0.25, 0.3) is 32.7 Å². The average Bonchev–Trinajstić information content (AvgIpc) is 3.36. The van der Waals surface area contributed by atoms with Crippen molar-refractivity contribution in [2.75, 3.05) is 37.3 Å². The largest absolute Gasteiger partial charge is 0.497 e. The Morgan fingerprint density at radius 3 is 1.18 bits per heavy atom. The number of anilines is 6. The number of amides is 3. The molecule has 366 valence electrons. The zero-order chi connectivity index (χ0) is 51.8. The monoisotopic (exact) mass is 1050 g/mol. The van der Waals surface area contributed by atoms with Gasteiger partial charge in [0.15, 0.2) is 0 Å². The van der Waals surface area contributed by atoms with E-state index in [-0.39, 0.29) is 11.4 Å². The second-order valence-corrected chi connectivity index (χ2v) is 17.5. The van der Waals surface area contributed by atoms with Crippen molar-refractivity contribution in [1.82, 2.24) is 15.0 Å². The number of carbonyl (C=O) groups excluding carboxylic acids is 3. The molecule has 0 aliphatic rings. The third kappa shape index (κ3) is 11.7. The fourth-order valence-electron chi connectivity index (χ4n) is 7.57. The second kappa shape index (κ2) is 22.5. The molecule has 18 heteroatoms. The summed E-state index contributed by atoms with van der Waals surface area (Å²) in [5, 5.41) is 12.7. The Hall–Kier alpha value is -8.54. The minimum Gasteiger partial charge on any atom is -0.497 e. The molecule has 0 unspecified atom stereocenters. The van der Waals surface area contributed by atoms with Crippen molar-refractivity contribution in [3.8, 4) is 17.2 Å². The Labute approximate surface area is 427 Å². The van der Waals surface area contributed by atoms with Crippen LogP contribution in [0.15, 0.2) is 132 Å². The van der Waals surface area contributed by atoms with E-state index in [2.05, 4.69) is 46.8 Å². The number of pyridine rings is 3. The molecule has 15 nitrogen and oxygen atoms in total. The molecule has 3 amide bonds. The minimum absolute atomic E-state index is 0.250. The van der Waals surface area contributed by atoms with Crippen LogP contribution in [0, 0.1) is 26.6 Å². The van der Waals surface area contributed by atoms with Gasteiger partial charge in [0.05, 0.1) is 71.6 Å². The lowest BCUT2D eigenvalue weighted by Gasteiger charge is -2.15. The Bertz CT molecular complexity index is 3200. The highest BCUT2D eigenvalue weighted by Crippen LogP contribution is 2.36. The maximum absolute atomic E-state index is 13.3. The van der Waals surface area contributed by atoms with E-state index < -0.39 is 17.7 Å². The Morgan fingerprint density at radius 1 is 0.500 bits per heavy atom. The van der Waals surface area contributed by atoms with Crippen molar-refractivity contribution in [1.29, 1.82) is 0 Å². The summed E-state index contributed by atoms with van der Waals surface area (Å²) in [5.41, 5.74) is 26.4. The number of primary amides is 3. The lowest BCUT2D eigenvalue weighted by atomic mass is 10.1. The van der Waals surface area contributed by atoms with Crippen LogP contribution in [-0.2, 0) is 0 Å². The first-order valence-electron chi connectivity index (χ1n) is 21.9. The summed E-state index contributed by atoms with van der Waals surface area (Å²) in [5.74, 6) is -0.0390. The van der Waals surface area contributed by atoms with Crippen LogP contribution >= 0.6 is 27.5 Å². The number of fused-ring (bicyclic) bond motifs is 3. The van der Waals surface area contributed by atoms with Crippen LogP contribution in [-0.4, -0.2) is 54.0 Å². The Balaban J connectivity index is 0.000000158. The molecule has 0 radical (unpaired) electrons. The SMILES string of the molecule is COc1ccc2ncc(C(N)=O)c(Nc3ccc(Br)cc3C)c2c1.COc1ccc2ncc(C(N)=O)c(Nc3ccc(Cl)cc3C)c2c1.COc1ccc2ncc(C(N)=O)c(Nc3ccc(F)cc3C)c2c1. The highest BCUT2D eigenvalue weighted by molar-refractivity contribution is 9.10. The molecule has 3 aromatic heterocycles. The molecule has 9 aromatic rings. The normalized spacial score (nSPS) is 10.6. The number of nitrogens with zero attached hydrogens (tertiary/aromatic N) is 3. The molecule has 0 spiro atoms. The van der Waals surface area contributed by atoms with Gasteiger partial charge in [0, 0.05) is 61.3 Å². The predicted molar refractivity (Wildman–Crippen MR) is 286 cm³/mol. The van der Waals surface area contributed by atoms with E-state index in [4.69, 9.17) is 43.0 Å². The minimum atomic E-state index is -0.602. The molecule has 0 saturated carbocycles. The van der Waals surface area contributed by atoms with Crippen molar-refractivity contribution in [2.45, 2.75) is 20.8 Å². The molecule has 9 rings (SSSR count). The number of carbonyl (C=O) groups is 3. The topological polar surface area (TPSA) is 232 Å². The molecular formula is C54H48BrClFN9O6. The van der Waals surface area contributed by atoms with Crippen LogP contribution < -0.4 is 47.4 Å². The average molecular weight is 1050 g/mol. The highest BCUT2D eigenvalue weighted by atomic mass is 79.9. The molecule has 0 saturated heterocycles. The quantitative estimate of drug-likeness (QED) is 0.0671. The number of methoxy groups -OCH3 is 3. The lowest BCUT2D eigenvalue weighted by Crippen LogP contribution is -2.14. The van der Waals surface area contributed by atoms with E-state index in [1.807, 2.05) is 80.6 Å². The van der Waals surface area contributed by atoms with Gasteiger partial charge in [-0.3, -0.25) is 29.3 Å². The number of rotatable bonds is 12. The standard InChI is InChI=1S/C18H16BrN3O2.C18H16ClN3O2.C18H16FN3O2/c3*1-10-7-11(19)3-5-15(10)22-17-13-8-12(24-2)4-6-16(13)21-9-14(17)18(20)23/h3*3-9H,1-2H3,(H2,20,23)(H,21,22). The molecule has 6 aromatic carbocycles. The molecule has 0 aliphatic carbocycles. The maximum Gasteiger partial charge on any atom is 0.252 e. The van der Waals surface area contributed by atoms with Crippen LogP contribution in [0.2, 0.25) is 5.02 Å². The van der Waals surface area contributed by atoms with E-state index in [0.29, 0.717) is 72.6 Å². The lowest BCUT2D eigenvalue weighted by molar-refractivity contribution is 0.0992. The molecule has 72 heavy (non-hydrogen) atoms. The summed E-state index contributed by atoms with van der Waals surface area (Å²) in [6.45, 7) is 5.70. The summed E-state index contributed by atoms with van der Waals surface area (Å²) >= 11 is 9.46. The van der Waals surface area contributed by atoms with Gasteiger partial charge in [-0.1, -0.05) is 27.5 Å². The summed E-state index contributed by atoms with van der Waals surface area (Å²) in [6, 6.07) is 32.1. The molecule has 0 aliphatic heterocycles. The number of ether oxygens (including phenoxy) is 3. The summed E-state index contributed by atoms with van der Waals surface area (Å²) in [4.78, 5) is 48.4. The number of hydrogen-bond acceptors (Lipinski definition) is 12. The zero-order valence-corrected chi connectivity index (χ0v) is 42.1. The Kier molecular flexibility index (Phi) is 16.0. The zero-order valence-electron chi connectivity index (χ0n) is 39.8. The van der Waals surface area contributed by atoms with E-state index in [1.165, 1.54) is 30.7 Å². The van der Waals surface area contributed by atoms with Gasteiger partial charge in [-0.05, 0) is 147 Å². The fraction of sp³-hybridized carbons (Fsp3) is 0.111. The molecule has 3 heterocycles. The maximum atomic E-state index is 13.3. The summed E-state index contributed by atoms with van der Waals surface area (Å²) < 4.78 is 30.1. The van der Waals surface area contributed by atoms with Crippen LogP contribution in [0.4, 0.5) is 38.5 Å². The molecule has 0 atom stereocenters. The summed E-state index contributed by atoms with van der Waals surface area (Å²) in [6.07, 6.45) is 4.40. The van der Waals surface area contributed by atoms with Gasteiger partial charge in [-0.2, -0.15) is 0 Å². The number of halogens is 3. The second-order valence-electron chi connectivity index (χ2n) is 16.1. The van der Waals surface area contributed by atoms with Gasteiger partial charge < -0.3 is 47.4 Å². The van der Waals surface area contributed by atoms with Crippen molar-refractivity contribution < 1.29 is 33.0 Å². The molecule has 9 N–H and O–H groups in total. The summed E-state index contributed by atoms with van der Waals surface area (Å²) in [7, 11) is 4.74. The first-order valence-corrected chi connectivity index (χ1v) is 23.0. The van der Waals surface area contributed by atoms with Crippen molar-refractivity contribution in [3.05, 3.63) is 176 Å². The van der Waals surface area contributed by atoms with Crippen molar-refractivity contribution >= 4 is 112 Å². The van der Waals surface area contributed by atoms with Crippen LogP contribution in [0.3, 0.4) is 0 Å². The van der Waals surface area contributed by atoms with Gasteiger partial charge in [-0.15, -0.1) is 0 Å². The fourth-order valence-corrected chi connectivity index (χ4v) is 8.27. The molecular weight excluding hydrogens is 1010 g/mol. The van der Waals surface area contributed by atoms with Crippen LogP contribution in [0.1, 0.15) is 47.8 Å². The first-order chi connectivity index (χ1) is 34.5. The first kappa shape index (κ1) is 51.3. The van der Waals surface area contributed by atoms with Crippen LogP contribution in [0.5, 0.6) is 17.2 Å². The van der Waals surface area contributed by atoms with E-state index in [0.717, 1.165) is 48.8 Å². The number of aryl methyl sites for hydroxylation is 3. The van der Waals surface area contributed by atoms with Gasteiger partial charge in [-0.25, -0.2) is 4.39 Å². The van der Waals surface area contributed by atoms with E-state index in [9.17, 15) is 18.8 Å². The third-order valence-corrected chi connectivity index (χ3v) is 12.1. The number of aromatic nitrogens is 3. The van der Waals surface area contributed by atoms with E-state index >= 15 is 0 Å². The Morgan fingerprint density at radius 2 is 0.847 bits per heavy atom. The van der Waals surface area contributed by atoms with Gasteiger partial charge in [0.25, 0.3) is 17.7 Å². The van der Waals surface area contributed by atoms with Gasteiger partial charge in [0.1, 0.15) is 23.1 Å². The number of nitrogens with one attached hydrogen (secondary N) is 3. The highest BCUT2D eigenvalue weighted by Gasteiger charge is 2.18. The number of hydrogen-bond donors (Lipinski definition) is 6. The third-order valence-electron chi connectivity index (χ3n) is 11.4. The smallest absolute Gasteiger partial charge is 0.252 e. The van der Waals surface area contributed by atoms with Crippen molar-refractivity contribution in [2.24, 2.45) is 17.2 Å². The predicted octanol–water partition coefficient (Wildman–Crippen LogP) is 11.7. The number of benzene rings is 6.